The van der Waals surface area contributed by atoms with Crippen LogP contribution in [-0.2, 0) is 12.8 Å². The van der Waals surface area contributed by atoms with Gasteiger partial charge in [0, 0.05) is 14.3 Å². The van der Waals surface area contributed by atoms with E-state index < -0.39 is 6.10 Å². The van der Waals surface area contributed by atoms with Crippen LogP contribution in [0.2, 0.25) is 0 Å². The van der Waals surface area contributed by atoms with Gasteiger partial charge in [0.05, 0.1) is 0 Å². The van der Waals surface area contributed by atoms with Crippen LogP contribution in [0.1, 0.15) is 40.5 Å². The fourth-order valence-electron chi connectivity index (χ4n) is 3.01. The number of thiophene rings is 2. The Morgan fingerprint density at radius 3 is 2.65 bits per heavy atom. The first kappa shape index (κ1) is 12.6. The maximum atomic E-state index is 10.6. The summed E-state index contributed by atoms with van der Waals surface area (Å²) in [6.45, 7) is 0. The molecule has 102 valence electrons. The van der Waals surface area contributed by atoms with Gasteiger partial charge in [-0.3, -0.25) is 0 Å². The van der Waals surface area contributed by atoms with Crippen molar-refractivity contribution in [3.05, 3.63) is 57.3 Å². The zero-order chi connectivity index (χ0) is 13.5. The van der Waals surface area contributed by atoms with Crippen molar-refractivity contribution in [3.8, 4) is 0 Å². The Bertz CT molecular complexity index is 725. The third-order valence-corrected chi connectivity index (χ3v) is 6.26. The van der Waals surface area contributed by atoms with Gasteiger partial charge in [0.2, 0.25) is 0 Å². The monoisotopic (exact) mass is 300 g/mol. The molecule has 2 aromatic heterocycles. The molecule has 0 saturated heterocycles. The summed E-state index contributed by atoms with van der Waals surface area (Å²) >= 11 is 3.45. The first-order valence-corrected chi connectivity index (χ1v) is 8.77. The third-order valence-electron chi connectivity index (χ3n) is 4.12. The van der Waals surface area contributed by atoms with E-state index in [1.807, 2.05) is 0 Å². The van der Waals surface area contributed by atoms with Crippen LogP contribution in [0.3, 0.4) is 0 Å². The van der Waals surface area contributed by atoms with E-state index in [1.165, 1.54) is 39.8 Å². The number of aliphatic hydroxyl groups is 1. The van der Waals surface area contributed by atoms with E-state index in [1.54, 1.807) is 22.7 Å². The molecule has 1 aromatic carbocycles. The summed E-state index contributed by atoms with van der Waals surface area (Å²) in [5.74, 6) is 0. The average molecular weight is 300 g/mol. The van der Waals surface area contributed by atoms with Crippen LogP contribution in [-0.4, -0.2) is 5.11 Å². The van der Waals surface area contributed by atoms with Crippen LogP contribution in [0.4, 0.5) is 0 Å². The van der Waals surface area contributed by atoms with Gasteiger partial charge >= 0.3 is 0 Å². The predicted molar refractivity (Wildman–Crippen MR) is 86.8 cm³/mol. The minimum Gasteiger partial charge on any atom is -0.383 e. The SMILES string of the molecule is OC(c1ccc2c(c1)CCCC2)c1cc2sccc2s1. The molecule has 0 spiro atoms. The highest BCUT2D eigenvalue weighted by Gasteiger charge is 2.17. The Hall–Kier alpha value is -1.16. The summed E-state index contributed by atoms with van der Waals surface area (Å²) < 4.78 is 2.56. The number of benzene rings is 1. The molecule has 1 N–H and O–H groups in total. The standard InChI is InChI=1S/C17H16OS2/c18-17(16-10-15-14(20-16)7-8-19-15)13-6-5-11-3-1-2-4-12(11)9-13/h5-10,17-18H,1-4H2. The Balaban J connectivity index is 1.70. The van der Waals surface area contributed by atoms with Gasteiger partial charge in [-0.1, -0.05) is 18.2 Å². The molecule has 0 bridgehead atoms. The number of rotatable bonds is 2. The normalized spacial score (nSPS) is 16.2. The van der Waals surface area contributed by atoms with Crippen LogP contribution in [0, 0.1) is 0 Å². The second kappa shape index (κ2) is 4.99. The first-order valence-electron chi connectivity index (χ1n) is 7.08. The van der Waals surface area contributed by atoms with Gasteiger partial charge in [-0.2, -0.15) is 0 Å². The molecule has 20 heavy (non-hydrogen) atoms. The molecule has 1 atom stereocenters. The molecular weight excluding hydrogens is 284 g/mol. The lowest BCUT2D eigenvalue weighted by Gasteiger charge is -2.18. The summed E-state index contributed by atoms with van der Waals surface area (Å²) in [6.07, 6.45) is 4.46. The fourth-order valence-corrected chi connectivity index (χ4v) is 5.14. The van der Waals surface area contributed by atoms with Crippen LogP contribution >= 0.6 is 22.7 Å². The van der Waals surface area contributed by atoms with Crippen molar-refractivity contribution in [1.29, 1.82) is 0 Å². The van der Waals surface area contributed by atoms with Crippen molar-refractivity contribution < 1.29 is 5.11 Å². The second-order valence-corrected chi connectivity index (χ2v) is 7.50. The Morgan fingerprint density at radius 1 is 0.950 bits per heavy atom. The molecule has 4 rings (SSSR count). The molecular formula is C17H16OS2. The molecule has 0 amide bonds. The largest absolute Gasteiger partial charge is 0.383 e. The molecule has 1 nitrogen and oxygen atoms in total. The molecule has 0 radical (unpaired) electrons. The van der Waals surface area contributed by atoms with Gasteiger partial charge in [-0.25, -0.2) is 0 Å². The molecule has 1 unspecified atom stereocenters. The minimum atomic E-state index is -0.480. The van der Waals surface area contributed by atoms with E-state index >= 15 is 0 Å². The van der Waals surface area contributed by atoms with Gasteiger partial charge < -0.3 is 5.11 Å². The zero-order valence-corrected chi connectivity index (χ0v) is 12.8. The van der Waals surface area contributed by atoms with Crippen molar-refractivity contribution in [2.45, 2.75) is 31.8 Å². The van der Waals surface area contributed by atoms with Crippen LogP contribution in [0.15, 0.2) is 35.7 Å². The molecule has 0 fully saturated rings. The van der Waals surface area contributed by atoms with Gasteiger partial charge in [-0.15, -0.1) is 22.7 Å². The second-order valence-electron chi connectivity index (χ2n) is 5.44. The Kier molecular flexibility index (Phi) is 3.14. The molecule has 1 aliphatic carbocycles. The molecule has 0 aliphatic heterocycles. The lowest BCUT2D eigenvalue weighted by molar-refractivity contribution is 0.224. The average Bonchev–Trinajstić information content (AvgIpc) is 3.07. The van der Waals surface area contributed by atoms with E-state index in [0.717, 1.165) is 16.9 Å². The van der Waals surface area contributed by atoms with Crippen molar-refractivity contribution in [2.24, 2.45) is 0 Å². The number of aliphatic hydroxyl groups excluding tert-OH is 1. The predicted octanol–water partition coefficient (Wildman–Crippen LogP) is 4.92. The topological polar surface area (TPSA) is 20.2 Å². The number of hydrogen-bond donors (Lipinski definition) is 1. The van der Waals surface area contributed by atoms with E-state index in [9.17, 15) is 5.11 Å². The Labute approximate surface area is 126 Å². The van der Waals surface area contributed by atoms with Crippen LogP contribution < -0.4 is 0 Å². The van der Waals surface area contributed by atoms with Gasteiger partial charge in [0.1, 0.15) is 6.10 Å². The van der Waals surface area contributed by atoms with Crippen molar-refractivity contribution in [3.63, 3.8) is 0 Å². The third kappa shape index (κ3) is 2.10. The highest BCUT2D eigenvalue weighted by atomic mass is 32.1. The zero-order valence-electron chi connectivity index (χ0n) is 11.1. The maximum Gasteiger partial charge on any atom is 0.113 e. The van der Waals surface area contributed by atoms with Crippen molar-refractivity contribution in [1.82, 2.24) is 0 Å². The summed E-state index contributed by atoms with van der Waals surface area (Å²) in [5, 5.41) is 12.7. The van der Waals surface area contributed by atoms with Crippen LogP contribution in [0.5, 0.6) is 0 Å². The van der Waals surface area contributed by atoms with E-state index in [-0.39, 0.29) is 0 Å². The quantitative estimate of drug-likeness (QED) is 0.712. The molecule has 1 aliphatic rings. The summed E-state index contributed by atoms with van der Waals surface area (Å²) in [7, 11) is 0. The molecule has 3 aromatic rings. The van der Waals surface area contributed by atoms with E-state index in [4.69, 9.17) is 0 Å². The van der Waals surface area contributed by atoms with Crippen LogP contribution in [0.25, 0.3) is 9.40 Å². The molecule has 2 heterocycles. The Morgan fingerprint density at radius 2 is 1.80 bits per heavy atom. The van der Waals surface area contributed by atoms with Crippen molar-refractivity contribution in [2.75, 3.05) is 0 Å². The molecule has 3 heteroatoms. The first-order chi connectivity index (χ1) is 9.81. The summed E-state index contributed by atoms with van der Waals surface area (Å²) in [4.78, 5) is 1.06. The number of fused-ring (bicyclic) bond motifs is 2. The summed E-state index contributed by atoms with van der Waals surface area (Å²) in [5.41, 5.74) is 3.95. The maximum absolute atomic E-state index is 10.6. The van der Waals surface area contributed by atoms with Gasteiger partial charge in [-0.05, 0) is 59.9 Å². The smallest absolute Gasteiger partial charge is 0.113 e. The number of hydrogen-bond acceptors (Lipinski definition) is 3. The van der Waals surface area contributed by atoms with Gasteiger partial charge in [0.25, 0.3) is 0 Å². The minimum absolute atomic E-state index is 0.480. The lowest BCUT2D eigenvalue weighted by atomic mass is 9.89. The van der Waals surface area contributed by atoms with E-state index in [2.05, 4.69) is 35.7 Å². The van der Waals surface area contributed by atoms with Gasteiger partial charge in [0.15, 0.2) is 0 Å². The highest BCUT2D eigenvalue weighted by molar-refractivity contribution is 7.26. The van der Waals surface area contributed by atoms with E-state index in [0.29, 0.717) is 0 Å². The fraction of sp³-hybridized carbons (Fsp3) is 0.294. The number of aryl methyl sites for hydroxylation is 2. The molecule has 0 saturated carbocycles. The highest BCUT2D eigenvalue weighted by Crippen LogP contribution is 2.36. The lowest BCUT2D eigenvalue weighted by Crippen LogP contribution is -2.05. The van der Waals surface area contributed by atoms with Crippen molar-refractivity contribution >= 4 is 32.1 Å². The summed E-state index contributed by atoms with van der Waals surface area (Å²) in [6, 6.07) is 10.8.